The van der Waals surface area contributed by atoms with Crippen molar-refractivity contribution in [2.75, 3.05) is 13.6 Å². The zero-order valence-corrected chi connectivity index (χ0v) is 16.3. The van der Waals surface area contributed by atoms with Crippen molar-refractivity contribution in [3.05, 3.63) is 29.3 Å². The number of halogens is 1. The molecular weight excluding hydrogens is 398 g/mol. The molecule has 11 heteroatoms. The maximum atomic E-state index is 12.8. The molecule has 0 aromatic heterocycles. The predicted octanol–water partition coefficient (Wildman–Crippen LogP) is 0.880. The molecule has 0 radical (unpaired) electrons. The first-order valence-corrected chi connectivity index (χ1v) is 9.99. The Bertz CT molecular complexity index is 827. The first-order valence-electron chi connectivity index (χ1n) is 8.17. The third-order valence-electron chi connectivity index (χ3n) is 4.02. The number of esters is 1. The maximum Gasteiger partial charge on any atom is 0.325 e. The highest BCUT2D eigenvalue weighted by atomic mass is 35.5. The summed E-state index contributed by atoms with van der Waals surface area (Å²) in [5.74, 6) is -1.66. The van der Waals surface area contributed by atoms with Gasteiger partial charge in [-0.15, -0.1) is 0 Å². The Labute approximate surface area is 162 Å². The molecule has 148 valence electrons. The highest BCUT2D eigenvalue weighted by Crippen LogP contribution is 2.27. The molecule has 27 heavy (non-hydrogen) atoms. The molecule has 0 spiro atoms. The van der Waals surface area contributed by atoms with Gasteiger partial charge in [0.1, 0.15) is 6.04 Å². The summed E-state index contributed by atoms with van der Waals surface area (Å²) in [5, 5.41) is 4.58. The third kappa shape index (κ3) is 4.96. The number of carbonyl (C=O) groups excluding carboxylic acids is 3. The molecule has 0 aliphatic carbocycles. The van der Waals surface area contributed by atoms with Gasteiger partial charge in [0.25, 0.3) is 5.91 Å². The first-order chi connectivity index (χ1) is 12.7. The molecule has 0 saturated carbocycles. The van der Waals surface area contributed by atoms with Crippen LogP contribution in [0.15, 0.2) is 29.2 Å². The Morgan fingerprint density at radius 2 is 1.89 bits per heavy atom. The van der Waals surface area contributed by atoms with Crippen molar-refractivity contribution in [2.45, 2.75) is 36.8 Å². The number of rotatable bonds is 5. The molecule has 2 atom stereocenters. The van der Waals surface area contributed by atoms with E-state index < -0.39 is 40.1 Å². The Morgan fingerprint density at radius 1 is 1.26 bits per heavy atom. The lowest BCUT2D eigenvalue weighted by Gasteiger charge is -2.24. The van der Waals surface area contributed by atoms with E-state index in [1.807, 2.05) is 5.32 Å². The Hall–Kier alpha value is -2.17. The van der Waals surface area contributed by atoms with Gasteiger partial charge in [-0.05, 0) is 44.0 Å². The second kappa shape index (κ2) is 8.68. The summed E-state index contributed by atoms with van der Waals surface area (Å²) >= 11 is 5.79. The molecule has 0 bridgehead atoms. The minimum absolute atomic E-state index is 0.0111. The van der Waals surface area contributed by atoms with Crippen LogP contribution in [0.3, 0.4) is 0 Å². The molecule has 1 heterocycles. The lowest BCUT2D eigenvalue weighted by atomic mass is 10.2. The summed E-state index contributed by atoms with van der Waals surface area (Å²) in [7, 11) is -2.59. The third-order valence-corrected chi connectivity index (χ3v) is 6.20. The Balaban J connectivity index is 2.10. The van der Waals surface area contributed by atoms with Crippen LogP contribution >= 0.6 is 11.6 Å². The van der Waals surface area contributed by atoms with E-state index in [1.165, 1.54) is 38.2 Å². The quantitative estimate of drug-likeness (QED) is 0.686. The number of benzene rings is 1. The zero-order chi connectivity index (χ0) is 20.2. The summed E-state index contributed by atoms with van der Waals surface area (Å²) in [4.78, 5) is 35.4. The molecule has 2 N–H and O–H groups in total. The van der Waals surface area contributed by atoms with Crippen LogP contribution in [0.25, 0.3) is 0 Å². The fourth-order valence-electron chi connectivity index (χ4n) is 2.59. The largest absolute Gasteiger partial charge is 0.451 e. The summed E-state index contributed by atoms with van der Waals surface area (Å²) in [5.41, 5.74) is 0. The van der Waals surface area contributed by atoms with Crippen LogP contribution in [-0.4, -0.2) is 56.4 Å². The summed E-state index contributed by atoms with van der Waals surface area (Å²) in [6.45, 7) is 1.45. The van der Waals surface area contributed by atoms with Crippen molar-refractivity contribution >= 4 is 39.5 Å². The number of carbonyl (C=O) groups is 3. The number of ether oxygens (including phenoxy) is 1. The molecule has 2 rings (SSSR count). The van der Waals surface area contributed by atoms with E-state index in [9.17, 15) is 22.8 Å². The fourth-order valence-corrected chi connectivity index (χ4v) is 4.36. The summed E-state index contributed by atoms with van der Waals surface area (Å²) in [6.07, 6.45) is -0.503. The standard InChI is InChI=1S/C16H20ClN3O6S/c1-10(14(21)19-16(23)18-2)26-15(22)13-4-3-9-20(13)27(24,25)12-7-5-11(17)6-8-12/h5-8,10,13H,3-4,9H2,1-2H3,(H2,18,19,21,23)/t10-,13+/m1/s1. The van der Waals surface area contributed by atoms with Gasteiger partial charge in [0, 0.05) is 18.6 Å². The highest BCUT2D eigenvalue weighted by molar-refractivity contribution is 7.89. The van der Waals surface area contributed by atoms with Gasteiger partial charge >= 0.3 is 12.0 Å². The monoisotopic (exact) mass is 417 g/mol. The lowest BCUT2D eigenvalue weighted by Crippen LogP contribution is -2.46. The summed E-state index contributed by atoms with van der Waals surface area (Å²) < 4.78 is 31.7. The van der Waals surface area contributed by atoms with Crippen molar-refractivity contribution in [1.29, 1.82) is 0 Å². The van der Waals surface area contributed by atoms with Gasteiger partial charge in [-0.3, -0.25) is 14.9 Å². The summed E-state index contributed by atoms with van der Waals surface area (Å²) in [6, 6.07) is 3.83. The molecule has 9 nitrogen and oxygen atoms in total. The molecule has 1 aliphatic rings. The molecule has 1 saturated heterocycles. The lowest BCUT2D eigenvalue weighted by molar-refractivity contribution is -0.157. The van der Waals surface area contributed by atoms with Gasteiger partial charge in [-0.2, -0.15) is 4.31 Å². The van der Waals surface area contributed by atoms with Crippen molar-refractivity contribution < 1.29 is 27.5 Å². The van der Waals surface area contributed by atoms with Gasteiger partial charge in [-0.1, -0.05) is 11.6 Å². The number of sulfonamides is 1. The SMILES string of the molecule is CNC(=O)NC(=O)[C@@H](C)OC(=O)[C@@H]1CCCN1S(=O)(=O)c1ccc(Cl)cc1. The van der Waals surface area contributed by atoms with Crippen LogP contribution in [0.1, 0.15) is 19.8 Å². The molecule has 1 fully saturated rings. The Kier molecular flexibility index (Phi) is 6.79. The number of nitrogens with zero attached hydrogens (tertiary/aromatic N) is 1. The van der Waals surface area contributed by atoms with Crippen LogP contribution < -0.4 is 10.6 Å². The molecule has 1 aliphatic heterocycles. The second-order valence-electron chi connectivity index (χ2n) is 5.88. The minimum atomic E-state index is -3.92. The van der Waals surface area contributed by atoms with Crippen molar-refractivity contribution in [2.24, 2.45) is 0 Å². The van der Waals surface area contributed by atoms with E-state index in [0.717, 1.165) is 4.31 Å². The van der Waals surface area contributed by atoms with Gasteiger partial charge < -0.3 is 10.1 Å². The Morgan fingerprint density at radius 3 is 2.48 bits per heavy atom. The van der Waals surface area contributed by atoms with E-state index in [4.69, 9.17) is 16.3 Å². The van der Waals surface area contributed by atoms with E-state index in [2.05, 4.69) is 5.32 Å². The number of amides is 3. The number of hydrogen-bond acceptors (Lipinski definition) is 6. The van der Waals surface area contributed by atoms with Crippen LogP contribution in [-0.2, 0) is 24.3 Å². The zero-order valence-electron chi connectivity index (χ0n) is 14.8. The maximum absolute atomic E-state index is 12.8. The van der Waals surface area contributed by atoms with Crippen LogP contribution in [0.5, 0.6) is 0 Å². The van der Waals surface area contributed by atoms with Gasteiger partial charge in [0.2, 0.25) is 10.0 Å². The average Bonchev–Trinajstić information content (AvgIpc) is 3.12. The minimum Gasteiger partial charge on any atom is -0.451 e. The topological polar surface area (TPSA) is 122 Å². The molecule has 0 unspecified atom stereocenters. The molecule has 1 aromatic rings. The van der Waals surface area contributed by atoms with Crippen LogP contribution in [0, 0.1) is 0 Å². The van der Waals surface area contributed by atoms with Crippen molar-refractivity contribution in [1.82, 2.24) is 14.9 Å². The number of hydrogen-bond donors (Lipinski definition) is 2. The fraction of sp³-hybridized carbons (Fsp3) is 0.438. The van der Waals surface area contributed by atoms with Gasteiger partial charge in [-0.25, -0.2) is 13.2 Å². The number of urea groups is 1. The van der Waals surface area contributed by atoms with Crippen LogP contribution in [0.2, 0.25) is 5.02 Å². The number of imide groups is 1. The smallest absolute Gasteiger partial charge is 0.325 e. The molecule has 1 aromatic carbocycles. The highest BCUT2D eigenvalue weighted by Gasteiger charge is 2.41. The predicted molar refractivity (Wildman–Crippen MR) is 96.5 cm³/mol. The van der Waals surface area contributed by atoms with Gasteiger partial charge in [0.05, 0.1) is 4.90 Å². The van der Waals surface area contributed by atoms with E-state index in [1.54, 1.807) is 0 Å². The van der Waals surface area contributed by atoms with Crippen molar-refractivity contribution in [3.8, 4) is 0 Å². The number of nitrogens with one attached hydrogen (secondary N) is 2. The normalized spacial score (nSPS) is 18.6. The first kappa shape index (κ1) is 21.1. The van der Waals surface area contributed by atoms with Crippen molar-refractivity contribution in [3.63, 3.8) is 0 Å². The van der Waals surface area contributed by atoms with E-state index in [-0.39, 0.29) is 17.9 Å². The van der Waals surface area contributed by atoms with Gasteiger partial charge in [0.15, 0.2) is 6.10 Å². The van der Waals surface area contributed by atoms with Crippen LogP contribution in [0.4, 0.5) is 4.79 Å². The molecule has 3 amide bonds. The second-order valence-corrected chi connectivity index (χ2v) is 8.20. The van der Waals surface area contributed by atoms with E-state index >= 15 is 0 Å². The van der Waals surface area contributed by atoms with E-state index in [0.29, 0.717) is 11.4 Å². The average molecular weight is 418 g/mol. The molecular formula is C16H20ClN3O6S.